The van der Waals surface area contributed by atoms with E-state index in [1.807, 2.05) is 24.3 Å². The Morgan fingerprint density at radius 3 is 2.45 bits per heavy atom. The summed E-state index contributed by atoms with van der Waals surface area (Å²) in [4.78, 5) is 0.390. The smallest absolute Gasteiger partial charge is 0.243 e. The van der Waals surface area contributed by atoms with Gasteiger partial charge in [0.1, 0.15) is 0 Å². The molecule has 0 aromatic heterocycles. The summed E-state index contributed by atoms with van der Waals surface area (Å²) in [5.41, 5.74) is 4.72. The first-order valence-corrected chi connectivity index (χ1v) is 8.89. The number of ether oxygens (including phenoxy) is 1. The lowest BCUT2D eigenvalue weighted by Gasteiger charge is -2.26. The number of rotatable bonds is 2. The van der Waals surface area contributed by atoms with Gasteiger partial charge in [-0.25, -0.2) is 8.42 Å². The van der Waals surface area contributed by atoms with Crippen LogP contribution in [0.5, 0.6) is 0 Å². The normalized spacial score (nSPS) is 18.0. The monoisotopic (exact) mass is 315 g/mol. The molecular weight excluding hydrogens is 298 g/mol. The topological polar surface area (TPSA) is 46.6 Å². The molecule has 1 heterocycles. The molecule has 4 rings (SSSR count). The number of fused-ring (bicyclic) bond motifs is 3. The third kappa shape index (κ3) is 2.17. The van der Waals surface area contributed by atoms with Crippen LogP contribution in [-0.4, -0.2) is 39.0 Å². The minimum absolute atomic E-state index is 0.390. The van der Waals surface area contributed by atoms with Crippen LogP contribution in [0.2, 0.25) is 0 Å². The zero-order valence-corrected chi connectivity index (χ0v) is 13.0. The van der Waals surface area contributed by atoms with Gasteiger partial charge in [-0.05, 0) is 40.8 Å². The maximum Gasteiger partial charge on any atom is 0.243 e. The summed E-state index contributed by atoms with van der Waals surface area (Å²) in [7, 11) is -3.42. The number of morpholine rings is 1. The van der Waals surface area contributed by atoms with E-state index in [-0.39, 0.29) is 0 Å². The lowest BCUT2D eigenvalue weighted by molar-refractivity contribution is 0.0730. The number of nitrogens with zero attached hydrogens (tertiary/aromatic N) is 1. The first-order valence-electron chi connectivity index (χ1n) is 7.45. The fraction of sp³-hybridized carbons (Fsp3) is 0.294. The van der Waals surface area contributed by atoms with Crippen molar-refractivity contribution in [1.29, 1.82) is 0 Å². The minimum atomic E-state index is -3.42. The van der Waals surface area contributed by atoms with E-state index < -0.39 is 10.0 Å². The average molecular weight is 315 g/mol. The second-order valence-electron chi connectivity index (χ2n) is 5.67. The summed E-state index contributed by atoms with van der Waals surface area (Å²) in [5, 5.41) is 0. The summed E-state index contributed by atoms with van der Waals surface area (Å²) < 4.78 is 32.2. The Balaban J connectivity index is 1.72. The van der Waals surface area contributed by atoms with Crippen molar-refractivity contribution < 1.29 is 13.2 Å². The van der Waals surface area contributed by atoms with E-state index in [2.05, 4.69) is 12.1 Å². The van der Waals surface area contributed by atoms with Crippen molar-refractivity contribution in [3.05, 3.63) is 53.6 Å². The Morgan fingerprint density at radius 1 is 0.909 bits per heavy atom. The largest absolute Gasteiger partial charge is 0.379 e. The number of hydrogen-bond acceptors (Lipinski definition) is 3. The molecule has 0 unspecified atom stereocenters. The molecule has 1 aliphatic carbocycles. The van der Waals surface area contributed by atoms with Gasteiger partial charge in [0, 0.05) is 13.1 Å². The molecule has 1 fully saturated rings. The van der Waals surface area contributed by atoms with E-state index in [1.165, 1.54) is 15.4 Å². The quantitative estimate of drug-likeness (QED) is 0.729. The molecule has 4 nitrogen and oxygen atoms in total. The van der Waals surface area contributed by atoms with Gasteiger partial charge >= 0.3 is 0 Å². The summed E-state index contributed by atoms with van der Waals surface area (Å²) in [5.74, 6) is 0. The van der Waals surface area contributed by atoms with Crippen LogP contribution in [0.4, 0.5) is 0 Å². The fourth-order valence-corrected chi connectivity index (χ4v) is 4.68. The van der Waals surface area contributed by atoms with Crippen molar-refractivity contribution in [1.82, 2.24) is 4.31 Å². The molecule has 0 atom stereocenters. The van der Waals surface area contributed by atoms with Crippen molar-refractivity contribution in [2.75, 3.05) is 26.3 Å². The van der Waals surface area contributed by atoms with Crippen LogP contribution in [0.15, 0.2) is 47.4 Å². The van der Waals surface area contributed by atoms with Gasteiger partial charge in [-0.1, -0.05) is 30.3 Å². The average Bonchev–Trinajstić information content (AvgIpc) is 2.93. The fourth-order valence-electron chi connectivity index (χ4n) is 3.22. The second kappa shape index (κ2) is 5.19. The van der Waals surface area contributed by atoms with Gasteiger partial charge in [0.2, 0.25) is 10.0 Å². The van der Waals surface area contributed by atoms with Crippen LogP contribution >= 0.6 is 0 Å². The molecule has 5 heteroatoms. The number of sulfonamides is 1. The number of hydrogen-bond donors (Lipinski definition) is 0. The van der Waals surface area contributed by atoms with E-state index in [9.17, 15) is 8.42 Å². The summed E-state index contributed by atoms with van der Waals surface area (Å²) in [6.07, 6.45) is 0.804. The Bertz CT molecular complexity index is 824. The van der Waals surface area contributed by atoms with Gasteiger partial charge < -0.3 is 4.74 Å². The lowest BCUT2D eigenvalue weighted by Crippen LogP contribution is -2.40. The highest BCUT2D eigenvalue weighted by Crippen LogP contribution is 2.37. The molecule has 0 spiro atoms. The Morgan fingerprint density at radius 2 is 1.64 bits per heavy atom. The highest BCUT2D eigenvalue weighted by atomic mass is 32.2. The molecule has 2 aromatic rings. The molecule has 0 amide bonds. The third-order valence-electron chi connectivity index (χ3n) is 4.37. The Kier molecular flexibility index (Phi) is 3.29. The molecular formula is C17H17NO3S. The summed E-state index contributed by atoms with van der Waals surface area (Å²) >= 11 is 0. The van der Waals surface area contributed by atoms with Gasteiger partial charge in [-0.3, -0.25) is 0 Å². The van der Waals surface area contributed by atoms with Crippen molar-refractivity contribution in [3.8, 4) is 11.1 Å². The summed E-state index contributed by atoms with van der Waals surface area (Å²) in [6, 6.07) is 13.7. The second-order valence-corrected chi connectivity index (χ2v) is 7.61. The molecule has 0 N–H and O–H groups in total. The maximum atomic E-state index is 12.7. The van der Waals surface area contributed by atoms with Gasteiger partial charge in [-0.15, -0.1) is 0 Å². The van der Waals surface area contributed by atoms with Gasteiger partial charge in [0.15, 0.2) is 0 Å². The molecule has 0 radical (unpaired) electrons. The van der Waals surface area contributed by atoms with Crippen LogP contribution in [0.3, 0.4) is 0 Å². The van der Waals surface area contributed by atoms with Crippen LogP contribution in [0, 0.1) is 0 Å². The molecule has 1 aliphatic heterocycles. The van der Waals surface area contributed by atoms with Crippen molar-refractivity contribution >= 4 is 10.0 Å². The summed E-state index contributed by atoms with van der Waals surface area (Å²) in [6.45, 7) is 1.80. The van der Waals surface area contributed by atoms with E-state index in [0.717, 1.165) is 17.5 Å². The standard InChI is InChI=1S/C17H17NO3S/c19-22(20,18-7-9-21-10-8-18)15-5-6-17-14(12-15)11-13-3-1-2-4-16(13)17/h1-6,12H,7-11H2. The molecule has 2 aliphatic rings. The van der Waals surface area contributed by atoms with E-state index >= 15 is 0 Å². The minimum Gasteiger partial charge on any atom is -0.379 e. The van der Waals surface area contributed by atoms with Crippen LogP contribution in [0.1, 0.15) is 11.1 Å². The molecule has 0 bridgehead atoms. The number of benzene rings is 2. The van der Waals surface area contributed by atoms with Crippen LogP contribution in [-0.2, 0) is 21.2 Å². The predicted octanol–water partition coefficient (Wildman–Crippen LogP) is 2.28. The van der Waals surface area contributed by atoms with Gasteiger partial charge in [0.05, 0.1) is 18.1 Å². The maximum absolute atomic E-state index is 12.7. The van der Waals surface area contributed by atoms with Crippen LogP contribution in [0.25, 0.3) is 11.1 Å². The molecule has 22 heavy (non-hydrogen) atoms. The predicted molar refractivity (Wildman–Crippen MR) is 84.3 cm³/mol. The zero-order chi connectivity index (χ0) is 15.2. The highest BCUT2D eigenvalue weighted by Gasteiger charge is 2.28. The first kappa shape index (κ1) is 13.9. The van der Waals surface area contributed by atoms with Crippen molar-refractivity contribution in [3.63, 3.8) is 0 Å². The first-order chi connectivity index (χ1) is 10.7. The van der Waals surface area contributed by atoms with Crippen molar-refractivity contribution in [2.45, 2.75) is 11.3 Å². The SMILES string of the molecule is O=S(=O)(c1ccc2c(c1)Cc1ccccc1-2)N1CCOCC1. The van der Waals surface area contributed by atoms with Crippen molar-refractivity contribution in [2.24, 2.45) is 0 Å². The molecule has 2 aromatic carbocycles. The molecule has 1 saturated heterocycles. The zero-order valence-electron chi connectivity index (χ0n) is 12.2. The van der Waals surface area contributed by atoms with Gasteiger partial charge in [-0.2, -0.15) is 4.31 Å². The Hall–Kier alpha value is -1.69. The molecule has 0 saturated carbocycles. The Labute approximate surface area is 130 Å². The lowest BCUT2D eigenvalue weighted by atomic mass is 10.1. The van der Waals surface area contributed by atoms with E-state index in [4.69, 9.17) is 4.74 Å². The van der Waals surface area contributed by atoms with E-state index in [1.54, 1.807) is 6.07 Å². The highest BCUT2D eigenvalue weighted by molar-refractivity contribution is 7.89. The third-order valence-corrected chi connectivity index (χ3v) is 6.27. The van der Waals surface area contributed by atoms with Crippen LogP contribution < -0.4 is 0 Å². The molecule has 114 valence electrons. The van der Waals surface area contributed by atoms with Gasteiger partial charge in [0.25, 0.3) is 0 Å². The van der Waals surface area contributed by atoms with E-state index in [0.29, 0.717) is 31.2 Å².